The third-order valence-corrected chi connectivity index (χ3v) is 3.76. The average molecular weight is 262 g/mol. The summed E-state index contributed by atoms with van der Waals surface area (Å²) < 4.78 is 0. The van der Waals surface area contributed by atoms with Crippen molar-refractivity contribution >= 4 is 11.3 Å². The lowest BCUT2D eigenvalue weighted by molar-refractivity contribution is 0.473. The van der Waals surface area contributed by atoms with Crippen LogP contribution in [0.4, 0.5) is 0 Å². The zero-order valence-corrected chi connectivity index (χ0v) is 11.3. The van der Waals surface area contributed by atoms with E-state index in [1.54, 1.807) is 23.5 Å². The van der Waals surface area contributed by atoms with Gasteiger partial charge in [-0.15, -0.1) is 11.3 Å². The summed E-state index contributed by atoms with van der Waals surface area (Å²) in [4.78, 5) is 4.27. The molecule has 0 radical (unpaired) electrons. The number of benzene rings is 1. The molecular formula is C14H18N2OS. The Labute approximate surface area is 112 Å². The first-order valence-electron chi connectivity index (χ1n) is 6.20. The van der Waals surface area contributed by atoms with Crippen LogP contribution in [0.15, 0.2) is 35.8 Å². The molecule has 2 rings (SSSR count). The highest BCUT2D eigenvalue weighted by Gasteiger charge is 2.08. The van der Waals surface area contributed by atoms with Crippen LogP contribution in [0.3, 0.4) is 0 Å². The van der Waals surface area contributed by atoms with Gasteiger partial charge >= 0.3 is 0 Å². The largest absolute Gasteiger partial charge is 0.508 e. The third-order valence-electron chi connectivity index (χ3n) is 2.92. The van der Waals surface area contributed by atoms with Crippen molar-refractivity contribution in [2.75, 3.05) is 6.54 Å². The highest BCUT2D eigenvalue weighted by molar-refractivity contribution is 7.09. The number of hydrogen-bond donors (Lipinski definition) is 2. The Hall–Kier alpha value is -1.39. The molecule has 0 aliphatic heterocycles. The van der Waals surface area contributed by atoms with Gasteiger partial charge in [-0.3, -0.25) is 0 Å². The monoisotopic (exact) mass is 262 g/mol. The highest BCUT2D eigenvalue weighted by atomic mass is 32.1. The molecule has 4 heteroatoms. The Balaban J connectivity index is 1.87. The van der Waals surface area contributed by atoms with Crippen molar-refractivity contribution in [3.63, 3.8) is 0 Å². The van der Waals surface area contributed by atoms with E-state index >= 15 is 0 Å². The second-order valence-electron chi connectivity index (χ2n) is 4.18. The maximum atomic E-state index is 9.28. The molecule has 1 aromatic carbocycles. The van der Waals surface area contributed by atoms with E-state index in [0.29, 0.717) is 11.8 Å². The standard InChI is InChI=1S/C14H18N2OS/c1-2-13(11-3-5-12(17)6-4-11)15-8-7-14-16-9-10-18-14/h3-6,9-10,13,15,17H,2,7-8H2,1H3. The molecule has 0 amide bonds. The molecule has 96 valence electrons. The van der Waals surface area contributed by atoms with Gasteiger partial charge in [0, 0.05) is 30.6 Å². The summed E-state index contributed by atoms with van der Waals surface area (Å²) in [6, 6.07) is 7.76. The fourth-order valence-electron chi connectivity index (χ4n) is 1.93. The van der Waals surface area contributed by atoms with E-state index < -0.39 is 0 Å². The number of aromatic nitrogens is 1. The second-order valence-corrected chi connectivity index (χ2v) is 5.16. The summed E-state index contributed by atoms with van der Waals surface area (Å²) in [5.74, 6) is 0.316. The average Bonchev–Trinajstić information content (AvgIpc) is 2.89. The van der Waals surface area contributed by atoms with Crippen molar-refractivity contribution in [2.24, 2.45) is 0 Å². The lowest BCUT2D eigenvalue weighted by Crippen LogP contribution is -2.23. The van der Waals surface area contributed by atoms with Crippen LogP contribution in [0, 0.1) is 0 Å². The van der Waals surface area contributed by atoms with Gasteiger partial charge in [0.25, 0.3) is 0 Å². The Morgan fingerprint density at radius 3 is 2.72 bits per heavy atom. The van der Waals surface area contributed by atoms with Crippen LogP contribution in [-0.4, -0.2) is 16.6 Å². The van der Waals surface area contributed by atoms with Crippen molar-refractivity contribution in [3.05, 3.63) is 46.4 Å². The van der Waals surface area contributed by atoms with Gasteiger partial charge in [-0.1, -0.05) is 19.1 Å². The van der Waals surface area contributed by atoms with Gasteiger partial charge in [0.2, 0.25) is 0 Å². The maximum Gasteiger partial charge on any atom is 0.115 e. The third kappa shape index (κ3) is 3.55. The number of phenols is 1. The van der Waals surface area contributed by atoms with E-state index in [4.69, 9.17) is 0 Å². The first-order chi connectivity index (χ1) is 8.79. The minimum atomic E-state index is 0.316. The zero-order chi connectivity index (χ0) is 12.8. The van der Waals surface area contributed by atoms with Crippen LogP contribution < -0.4 is 5.32 Å². The smallest absolute Gasteiger partial charge is 0.115 e. The minimum Gasteiger partial charge on any atom is -0.508 e. The molecule has 0 aliphatic rings. The van der Waals surface area contributed by atoms with Crippen molar-refractivity contribution in [2.45, 2.75) is 25.8 Å². The van der Waals surface area contributed by atoms with Crippen molar-refractivity contribution in [3.8, 4) is 5.75 Å². The van der Waals surface area contributed by atoms with Crippen LogP contribution in [0.1, 0.15) is 30.0 Å². The van der Waals surface area contributed by atoms with E-state index in [1.165, 1.54) is 10.6 Å². The summed E-state index contributed by atoms with van der Waals surface area (Å²) in [7, 11) is 0. The fraction of sp³-hybridized carbons (Fsp3) is 0.357. The Morgan fingerprint density at radius 2 is 2.11 bits per heavy atom. The van der Waals surface area contributed by atoms with Gasteiger partial charge in [-0.25, -0.2) is 4.98 Å². The molecule has 1 aromatic heterocycles. The van der Waals surface area contributed by atoms with Crippen LogP contribution in [0.5, 0.6) is 5.75 Å². The lowest BCUT2D eigenvalue weighted by Gasteiger charge is -2.17. The van der Waals surface area contributed by atoms with Gasteiger partial charge in [-0.05, 0) is 24.1 Å². The number of rotatable bonds is 6. The summed E-state index contributed by atoms with van der Waals surface area (Å²) in [5.41, 5.74) is 1.22. The summed E-state index contributed by atoms with van der Waals surface area (Å²) in [5, 5.41) is 16.0. The van der Waals surface area contributed by atoms with Crippen LogP contribution >= 0.6 is 11.3 Å². The molecule has 3 nitrogen and oxygen atoms in total. The van der Waals surface area contributed by atoms with Crippen LogP contribution in [0.2, 0.25) is 0 Å². The molecular weight excluding hydrogens is 244 g/mol. The second kappa shape index (κ2) is 6.52. The quantitative estimate of drug-likeness (QED) is 0.840. The number of nitrogens with zero attached hydrogens (tertiary/aromatic N) is 1. The van der Waals surface area contributed by atoms with Crippen molar-refractivity contribution < 1.29 is 5.11 Å². The molecule has 1 atom stereocenters. The number of thiazole rings is 1. The maximum absolute atomic E-state index is 9.28. The molecule has 0 saturated heterocycles. The molecule has 18 heavy (non-hydrogen) atoms. The predicted octanol–water partition coefficient (Wildman–Crippen LogP) is 3.13. The van der Waals surface area contributed by atoms with Crippen LogP contribution in [0.25, 0.3) is 0 Å². The van der Waals surface area contributed by atoms with Crippen molar-refractivity contribution in [1.82, 2.24) is 10.3 Å². The SMILES string of the molecule is CCC(NCCc1nccs1)c1ccc(O)cc1. The van der Waals surface area contributed by atoms with E-state index in [2.05, 4.69) is 17.2 Å². The first kappa shape index (κ1) is 13.1. The van der Waals surface area contributed by atoms with E-state index in [9.17, 15) is 5.11 Å². The minimum absolute atomic E-state index is 0.316. The van der Waals surface area contributed by atoms with Gasteiger partial charge in [0.1, 0.15) is 5.75 Å². The number of nitrogens with one attached hydrogen (secondary N) is 1. The molecule has 0 aliphatic carbocycles. The molecule has 0 bridgehead atoms. The van der Waals surface area contributed by atoms with Crippen LogP contribution in [-0.2, 0) is 6.42 Å². The van der Waals surface area contributed by atoms with E-state index in [1.807, 2.05) is 23.7 Å². The van der Waals surface area contributed by atoms with Gasteiger partial charge < -0.3 is 10.4 Å². The summed E-state index contributed by atoms with van der Waals surface area (Å²) in [6.45, 7) is 3.08. The molecule has 2 N–H and O–H groups in total. The van der Waals surface area contributed by atoms with Gasteiger partial charge in [-0.2, -0.15) is 0 Å². The number of hydrogen-bond acceptors (Lipinski definition) is 4. The van der Waals surface area contributed by atoms with E-state index in [0.717, 1.165) is 19.4 Å². The fourth-order valence-corrected chi connectivity index (χ4v) is 2.55. The zero-order valence-electron chi connectivity index (χ0n) is 10.5. The topological polar surface area (TPSA) is 45.2 Å². The molecule has 0 fully saturated rings. The number of aromatic hydroxyl groups is 1. The summed E-state index contributed by atoms with van der Waals surface area (Å²) in [6.07, 6.45) is 3.84. The Morgan fingerprint density at radius 1 is 1.33 bits per heavy atom. The van der Waals surface area contributed by atoms with E-state index in [-0.39, 0.29) is 0 Å². The lowest BCUT2D eigenvalue weighted by atomic mass is 10.0. The molecule has 0 spiro atoms. The molecule has 0 saturated carbocycles. The molecule has 1 unspecified atom stereocenters. The number of phenolic OH excluding ortho intramolecular Hbond substituents is 1. The predicted molar refractivity (Wildman–Crippen MR) is 75.0 cm³/mol. The van der Waals surface area contributed by atoms with Gasteiger partial charge in [0.15, 0.2) is 0 Å². The summed E-state index contributed by atoms with van der Waals surface area (Å²) >= 11 is 1.70. The normalized spacial score (nSPS) is 12.5. The van der Waals surface area contributed by atoms with Gasteiger partial charge in [0.05, 0.1) is 5.01 Å². The first-order valence-corrected chi connectivity index (χ1v) is 7.08. The Bertz CT molecular complexity index is 453. The molecule has 1 heterocycles. The Kier molecular flexibility index (Phi) is 4.73. The highest BCUT2D eigenvalue weighted by Crippen LogP contribution is 2.19. The van der Waals surface area contributed by atoms with Crippen molar-refractivity contribution in [1.29, 1.82) is 0 Å². The molecule has 2 aromatic rings.